The van der Waals surface area contributed by atoms with E-state index in [1.165, 1.54) is 6.33 Å². The van der Waals surface area contributed by atoms with Gasteiger partial charge in [0.1, 0.15) is 12.0 Å². The summed E-state index contributed by atoms with van der Waals surface area (Å²) in [6.07, 6.45) is 2.63. The van der Waals surface area contributed by atoms with Crippen molar-refractivity contribution < 1.29 is 19.4 Å². The molecule has 2 aromatic rings. The molecule has 0 amide bonds. The maximum atomic E-state index is 11.1. The van der Waals surface area contributed by atoms with Crippen molar-refractivity contribution in [1.82, 2.24) is 9.97 Å². The second-order valence-corrected chi connectivity index (χ2v) is 6.60. The molecule has 0 atom stereocenters. The smallest absolute Gasteiger partial charge is 0.306 e. The molecular formula is C18H21N5O4. The zero-order valence-electron chi connectivity index (χ0n) is 14.7. The molecule has 0 unspecified atom stereocenters. The molecule has 4 rings (SSSR count). The number of aromatic nitrogens is 2. The average molecular weight is 371 g/mol. The fourth-order valence-corrected chi connectivity index (χ4v) is 3.35. The van der Waals surface area contributed by atoms with Crippen LogP contribution < -0.4 is 25.4 Å². The standard InChI is InChI=1S/C18H21N5O4/c19-15-16(20-8-11-1-2-13-14(7-11)27-10-26-13)21-9-22-17(15)23-5-3-12(4-6-23)18(24)25/h1-2,7,9,12H,3-6,8,10,19H2,(H,24,25)(H,20,21,22). The summed E-state index contributed by atoms with van der Waals surface area (Å²) in [6, 6.07) is 5.75. The highest BCUT2D eigenvalue weighted by molar-refractivity contribution is 5.75. The van der Waals surface area contributed by atoms with Gasteiger partial charge in [-0.3, -0.25) is 4.79 Å². The van der Waals surface area contributed by atoms with Gasteiger partial charge >= 0.3 is 5.97 Å². The molecule has 1 fully saturated rings. The van der Waals surface area contributed by atoms with Crippen molar-refractivity contribution in [1.29, 1.82) is 0 Å². The number of piperidine rings is 1. The number of ether oxygens (including phenoxy) is 2. The van der Waals surface area contributed by atoms with Crippen LogP contribution in [0.1, 0.15) is 18.4 Å². The predicted octanol–water partition coefficient (Wildman–Crippen LogP) is 1.70. The number of nitrogens with one attached hydrogen (secondary N) is 1. The van der Waals surface area contributed by atoms with Crippen molar-refractivity contribution in [3.05, 3.63) is 30.1 Å². The lowest BCUT2D eigenvalue weighted by Gasteiger charge is -2.31. The summed E-state index contributed by atoms with van der Waals surface area (Å²) in [7, 11) is 0. The zero-order valence-corrected chi connectivity index (χ0v) is 14.7. The Morgan fingerprint density at radius 2 is 2.04 bits per heavy atom. The predicted molar refractivity (Wildman–Crippen MR) is 98.9 cm³/mol. The molecule has 0 aliphatic carbocycles. The molecule has 9 nitrogen and oxygen atoms in total. The third-order valence-electron chi connectivity index (χ3n) is 4.90. The summed E-state index contributed by atoms with van der Waals surface area (Å²) in [6.45, 7) is 1.99. The van der Waals surface area contributed by atoms with Crippen LogP contribution in [0.3, 0.4) is 0 Å². The summed E-state index contributed by atoms with van der Waals surface area (Å²) in [4.78, 5) is 21.7. The SMILES string of the molecule is Nc1c(NCc2ccc3c(c2)OCO3)ncnc1N1CCC(C(=O)O)CC1. The molecule has 2 aliphatic rings. The second-order valence-electron chi connectivity index (χ2n) is 6.60. The molecule has 0 bridgehead atoms. The lowest BCUT2D eigenvalue weighted by Crippen LogP contribution is -2.37. The third kappa shape index (κ3) is 3.53. The van der Waals surface area contributed by atoms with Gasteiger partial charge < -0.3 is 30.5 Å². The average Bonchev–Trinajstić information content (AvgIpc) is 3.15. The minimum atomic E-state index is -0.739. The van der Waals surface area contributed by atoms with Crippen LogP contribution in [0.15, 0.2) is 24.5 Å². The first-order valence-corrected chi connectivity index (χ1v) is 8.82. The van der Waals surface area contributed by atoms with E-state index in [-0.39, 0.29) is 12.7 Å². The number of fused-ring (bicyclic) bond motifs is 1. The summed E-state index contributed by atoms with van der Waals surface area (Å²) in [5.41, 5.74) is 7.75. The molecule has 9 heteroatoms. The van der Waals surface area contributed by atoms with Gasteiger partial charge in [0.05, 0.1) is 5.92 Å². The van der Waals surface area contributed by atoms with Gasteiger partial charge in [-0.05, 0) is 30.5 Å². The fraction of sp³-hybridized carbons (Fsp3) is 0.389. The van der Waals surface area contributed by atoms with Crippen molar-refractivity contribution in [2.75, 3.05) is 35.8 Å². The van der Waals surface area contributed by atoms with Gasteiger partial charge in [0.25, 0.3) is 0 Å². The van der Waals surface area contributed by atoms with Gasteiger partial charge in [0, 0.05) is 19.6 Å². The van der Waals surface area contributed by atoms with E-state index in [4.69, 9.17) is 20.3 Å². The number of carbonyl (C=O) groups is 1. The Bertz CT molecular complexity index is 852. The third-order valence-corrected chi connectivity index (χ3v) is 4.90. The van der Waals surface area contributed by atoms with Crippen LogP contribution in [0.4, 0.5) is 17.3 Å². The minimum Gasteiger partial charge on any atom is -0.481 e. The quantitative estimate of drug-likeness (QED) is 0.720. The van der Waals surface area contributed by atoms with E-state index >= 15 is 0 Å². The zero-order chi connectivity index (χ0) is 18.8. The molecule has 1 saturated heterocycles. The fourth-order valence-electron chi connectivity index (χ4n) is 3.35. The molecule has 27 heavy (non-hydrogen) atoms. The number of carboxylic acids is 1. The van der Waals surface area contributed by atoms with Crippen LogP contribution in [0.2, 0.25) is 0 Å². The second kappa shape index (κ2) is 7.18. The molecule has 142 valence electrons. The summed E-state index contributed by atoms with van der Waals surface area (Å²) in [5.74, 6) is 1.63. The Morgan fingerprint density at radius 1 is 1.26 bits per heavy atom. The number of rotatable bonds is 5. The maximum absolute atomic E-state index is 11.1. The first-order valence-electron chi connectivity index (χ1n) is 8.82. The molecular weight excluding hydrogens is 350 g/mol. The first kappa shape index (κ1) is 17.2. The topological polar surface area (TPSA) is 123 Å². The molecule has 0 spiro atoms. The van der Waals surface area contributed by atoms with Gasteiger partial charge in [0.2, 0.25) is 6.79 Å². The summed E-state index contributed by atoms with van der Waals surface area (Å²) in [5, 5.41) is 12.4. The van der Waals surface area contributed by atoms with E-state index < -0.39 is 5.97 Å². The van der Waals surface area contributed by atoms with Crippen molar-refractivity contribution in [2.45, 2.75) is 19.4 Å². The summed E-state index contributed by atoms with van der Waals surface area (Å²) >= 11 is 0. The normalized spacial score (nSPS) is 16.4. The van der Waals surface area contributed by atoms with E-state index in [0.717, 1.165) is 17.1 Å². The number of aliphatic carboxylic acids is 1. The molecule has 1 aromatic heterocycles. The highest BCUT2D eigenvalue weighted by Crippen LogP contribution is 2.33. The molecule has 3 heterocycles. The highest BCUT2D eigenvalue weighted by Gasteiger charge is 2.26. The van der Waals surface area contributed by atoms with E-state index in [1.807, 2.05) is 23.1 Å². The Kier molecular flexibility index (Phi) is 4.57. The Labute approximate surface area is 156 Å². The highest BCUT2D eigenvalue weighted by atomic mass is 16.7. The van der Waals surface area contributed by atoms with Gasteiger partial charge in [-0.2, -0.15) is 0 Å². The molecule has 0 radical (unpaired) electrons. The van der Waals surface area contributed by atoms with Crippen molar-refractivity contribution in [3.8, 4) is 11.5 Å². The van der Waals surface area contributed by atoms with Crippen LogP contribution in [-0.2, 0) is 11.3 Å². The molecule has 0 saturated carbocycles. The van der Waals surface area contributed by atoms with Gasteiger partial charge in [-0.1, -0.05) is 6.07 Å². The van der Waals surface area contributed by atoms with E-state index in [2.05, 4.69) is 15.3 Å². The van der Waals surface area contributed by atoms with Crippen LogP contribution in [0.25, 0.3) is 0 Å². The largest absolute Gasteiger partial charge is 0.481 e. The number of nitrogen functional groups attached to an aromatic ring is 1. The number of benzene rings is 1. The van der Waals surface area contributed by atoms with E-state index in [0.29, 0.717) is 49.8 Å². The van der Waals surface area contributed by atoms with Crippen molar-refractivity contribution in [2.24, 2.45) is 5.92 Å². The Balaban J connectivity index is 1.44. The Hall–Kier alpha value is -3.23. The van der Waals surface area contributed by atoms with Crippen molar-refractivity contribution in [3.63, 3.8) is 0 Å². The van der Waals surface area contributed by atoms with Crippen LogP contribution in [0.5, 0.6) is 11.5 Å². The number of hydrogen-bond donors (Lipinski definition) is 3. The van der Waals surface area contributed by atoms with Crippen LogP contribution in [0, 0.1) is 5.92 Å². The van der Waals surface area contributed by atoms with E-state index in [1.54, 1.807) is 0 Å². The lowest BCUT2D eigenvalue weighted by molar-refractivity contribution is -0.142. The number of nitrogens with two attached hydrogens (primary N) is 1. The number of nitrogens with zero attached hydrogens (tertiary/aromatic N) is 3. The maximum Gasteiger partial charge on any atom is 0.306 e. The number of hydrogen-bond acceptors (Lipinski definition) is 8. The number of anilines is 3. The minimum absolute atomic E-state index is 0.243. The van der Waals surface area contributed by atoms with E-state index in [9.17, 15) is 4.79 Å². The summed E-state index contributed by atoms with van der Waals surface area (Å²) < 4.78 is 10.7. The van der Waals surface area contributed by atoms with Gasteiger partial charge in [0.15, 0.2) is 23.1 Å². The molecule has 2 aliphatic heterocycles. The molecule has 1 aromatic carbocycles. The first-order chi connectivity index (χ1) is 13.1. The monoisotopic (exact) mass is 371 g/mol. The molecule has 4 N–H and O–H groups in total. The van der Waals surface area contributed by atoms with Gasteiger partial charge in [-0.25, -0.2) is 9.97 Å². The number of carboxylic acid groups (broad SMARTS) is 1. The van der Waals surface area contributed by atoms with Crippen molar-refractivity contribution >= 4 is 23.3 Å². The lowest BCUT2D eigenvalue weighted by atomic mass is 9.97. The van der Waals surface area contributed by atoms with Crippen LogP contribution in [-0.4, -0.2) is 40.9 Å². The van der Waals surface area contributed by atoms with Gasteiger partial charge in [-0.15, -0.1) is 0 Å². The van der Waals surface area contributed by atoms with Crippen LogP contribution >= 0.6 is 0 Å². The Morgan fingerprint density at radius 3 is 2.81 bits per heavy atom.